The minimum absolute atomic E-state index is 0.153. The summed E-state index contributed by atoms with van der Waals surface area (Å²) < 4.78 is 32.0. The van der Waals surface area contributed by atoms with Gasteiger partial charge < -0.3 is 10.1 Å². The Hall–Kier alpha value is -2.43. The van der Waals surface area contributed by atoms with Gasteiger partial charge in [-0.3, -0.25) is 0 Å². The van der Waals surface area contributed by atoms with Crippen LogP contribution in [0.25, 0.3) is 0 Å². The molecule has 110 valence electrons. The maximum absolute atomic E-state index is 13.7. The predicted molar refractivity (Wildman–Crippen MR) is 75.8 cm³/mol. The van der Waals surface area contributed by atoms with E-state index in [0.717, 1.165) is 0 Å². The van der Waals surface area contributed by atoms with E-state index < -0.39 is 23.6 Å². The lowest BCUT2D eigenvalue weighted by molar-refractivity contribution is -0.144. The van der Waals surface area contributed by atoms with Crippen molar-refractivity contribution in [2.45, 2.75) is 13.0 Å². The molecule has 5 heteroatoms. The number of hydrogen-bond acceptors (Lipinski definition) is 3. The summed E-state index contributed by atoms with van der Waals surface area (Å²) in [7, 11) is 0. The smallest absolute Gasteiger partial charge is 0.333 e. The summed E-state index contributed by atoms with van der Waals surface area (Å²) in [6.45, 7) is 1.85. The van der Waals surface area contributed by atoms with Gasteiger partial charge in [-0.25, -0.2) is 13.6 Å². The highest BCUT2D eigenvalue weighted by Gasteiger charge is 2.23. The van der Waals surface area contributed by atoms with Crippen molar-refractivity contribution >= 4 is 11.7 Å². The first-order valence-electron chi connectivity index (χ1n) is 6.55. The summed E-state index contributed by atoms with van der Waals surface area (Å²) in [6, 6.07) is 10.5. The van der Waals surface area contributed by atoms with Crippen molar-refractivity contribution in [3.8, 4) is 0 Å². The molecule has 2 aromatic rings. The summed E-state index contributed by atoms with van der Waals surface area (Å²) in [6.07, 6.45) is 0. The number of benzene rings is 2. The second kappa shape index (κ2) is 6.83. The van der Waals surface area contributed by atoms with Crippen LogP contribution in [-0.4, -0.2) is 12.6 Å². The van der Waals surface area contributed by atoms with Crippen molar-refractivity contribution in [1.29, 1.82) is 0 Å². The Morgan fingerprint density at radius 1 is 1.19 bits per heavy atom. The lowest BCUT2D eigenvalue weighted by atomic mass is 10.1. The predicted octanol–water partition coefficient (Wildman–Crippen LogP) is 3.68. The fraction of sp³-hybridized carbons (Fsp3) is 0.188. The zero-order valence-corrected chi connectivity index (χ0v) is 11.5. The molecule has 0 aliphatic rings. The zero-order valence-electron chi connectivity index (χ0n) is 11.5. The fourth-order valence-electron chi connectivity index (χ4n) is 1.92. The molecule has 1 unspecified atom stereocenters. The maximum Gasteiger partial charge on any atom is 0.333 e. The van der Waals surface area contributed by atoms with E-state index in [1.807, 2.05) is 0 Å². The van der Waals surface area contributed by atoms with Crippen molar-refractivity contribution in [3.63, 3.8) is 0 Å². The van der Waals surface area contributed by atoms with Crippen LogP contribution in [0.5, 0.6) is 0 Å². The van der Waals surface area contributed by atoms with Gasteiger partial charge in [0.25, 0.3) is 0 Å². The van der Waals surface area contributed by atoms with Crippen LogP contribution in [0.1, 0.15) is 18.5 Å². The molecule has 0 fully saturated rings. The molecule has 0 heterocycles. The highest BCUT2D eigenvalue weighted by molar-refractivity contribution is 5.81. The molecular formula is C16H15F2NO2. The van der Waals surface area contributed by atoms with Gasteiger partial charge >= 0.3 is 5.97 Å². The summed E-state index contributed by atoms with van der Waals surface area (Å²) in [5, 5.41) is 2.76. The molecule has 0 amide bonds. The Labute approximate surface area is 121 Å². The van der Waals surface area contributed by atoms with Gasteiger partial charge in [0.15, 0.2) is 6.04 Å². The first-order valence-corrected chi connectivity index (χ1v) is 6.55. The van der Waals surface area contributed by atoms with E-state index in [1.54, 1.807) is 25.1 Å². The molecular weight excluding hydrogens is 276 g/mol. The largest absolute Gasteiger partial charge is 0.464 e. The van der Waals surface area contributed by atoms with Crippen LogP contribution in [0.15, 0.2) is 48.5 Å². The molecule has 21 heavy (non-hydrogen) atoms. The quantitative estimate of drug-likeness (QED) is 0.854. The standard InChI is InChI=1S/C16H15F2NO2/c1-2-21-16(20)15(11-6-5-7-12(17)10-11)19-14-9-4-3-8-13(14)18/h3-10,15,19H,2H2,1H3. The SMILES string of the molecule is CCOC(=O)C(Nc1ccccc1F)c1cccc(F)c1. The number of para-hydroxylation sites is 1. The van der Waals surface area contributed by atoms with Crippen LogP contribution >= 0.6 is 0 Å². The van der Waals surface area contributed by atoms with Crippen LogP contribution in [0.4, 0.5) is 14.5 Å². The molecule has 2 rings (SSSR count). The lowest BCUT2D eigenvalue weighted by Crippen LogP contribution is -2.24. The maximum atomic E-state index is 13.7. The van der Waals surface area contributed by atoms with Gasteiger partial charge in [-0.15, -0.1) is 0 Å². The van der Waals surface area contributed by atoms with E-state index in [-0.39, 0.29) is 12.3 Å². The topological polar surface area (TPSA) is 38.3 Å². The highest BCUT2D eigenvalue weighted by atomic mass is 19.1. The van der Waals surface area contributed by atoms with Crippen molar-refractivity contribution in [2.24, 2.45) is 0 Å². The molecule has 0 spiro atoms. The Morgan fingerprint density at radius 3 is 2.62 bits per heavy atom. The minimum Gasteiger partial charge on any atom is -0.464 e. The fourth-order valence-corrected chi connectivity index (χ4v) is 1.92. The number of ether oxygens (including phenoxy) is 1. The first-order chi connectivity index (χ1) is 10.1. The van der Waals surface area contributed by atoms with E-state index in [2.05, 4.69) is 5.32 Å². The Balaban J connectivity index is 2.33. The van der Waals surface area contributed by atoms with Crippen molar-refractivity contribution in [2.75, 3.05) is 11.9 Å². The normalized spacial score (nSPS) is 11.8. The lowest BCUT2D eigenvalue weighted by Gasteiger charge is -2.19. The van der Waals surface area contributed by atoms with E-state index in [9.17, 15) is 13.6 Å². The third-order valence-electron chi connectivity index (χ3n) is 2.88. The molecule has 0 aromatic heterocycles. The molecule has 0 radical (unpaired) electrons. The van der Waals surface area contributed by atoms with Gasteiger partial charge in [-0.1, -0.05) is 24.3 Å². The summed E-state index contributed by atoms with van der Waals surface area (Å²) in [5.74, 6) is -1.56. The highest BCUT2D eigenvalue weighted by Crippen LogP contribution is 2.23. The molecule has 0 saturated carbocycles. The summed E-state index contributed by atoms with van der Waals surface area (Å²) >= 11 is 0. The number of esters is 1. The van der Waals surface area contributed by atoms with Crippen LogP contribution in [0, 0.1) is 11.6 Å². The zero-order chi connectivity index (χ0) is 15.2. The van der Waals surface area contributed by atoms with Gasteiger partial charge in [-0.2, -0.15) is 0 Å². The third kappa shape index (κ3) is 3.78. The number of nitrogens with one attached hydrogen (secondary N) is 1. The number of carbonyl (C=O) groups is 1. The van der Waals surface area contributed by atoms with Crippen LogP contribution in [-0.2, 0) is 9.53 Å². The van der Waals surface area contributed by atoms with Crippen molar-refractivity contribution in [1.82, 2.24) is 0 Å². The van der Waals surface area contributed by atoms with Crippen LogP contribution in [0.2, 0.25) is 0 Å². The first kappa shape index (κ1) is 15.0. The van der Waals surface area contributed by atoms with Crippen LogP contribution < -0.4 is 5.32 Å². The van der Waals surface area contributed by atoms with Gasteiger partial charge in [-0.05, 0) is 36.8 Å². The molecule has 0 aliphatic heterocycles. The Morgan fingerprint density at radius 2 is 1.95 bits per heavy atom. The number of rotatable bonds is 5. The summed E-state index contributed by atoms with van der Waals surface area (Å²) in [5.41, 5.74) is 0.525. The Kier molecular flexibility index (Phi) is 4.87. The van der Waals surface area contributed by atoms with Gasteiger partial charge in [0.1, 0.15) is 11.6 Å². The van der Waals surface area contributed by atoms with Crippen LogP contribution in [0.3, 0.4) is 0 Å². The molecule has 1 atom stereocenters. The number of hydrogen-bond donors (Lipinski definition) is 1. The number of carbonyl (C=O) groups excluding carboxylic acids is 1. The minimum atomic E-state index is -0.974. The van der Waals surface area contributed by atoms with Crippen molar-refractivity contribution in [3.05, 3.63) is 65.7 Å². The second-order valence-corrected chi connectivity index (χ2v) is 4.36. The van der Waals surface area contributed by atoms with Gasteiger partial charge in [0.2, 0.25) is 0 Å². The molecule has 0 saturated heterocycles. The van der Waals surface area contributed by atoms with E-state index >= 15 is 0 Å². The number of halogens is 2. The average molecular weight is 291 g/mol. The second-order valence-electron chi connectivity index (χ2n) is 4.36. The molecule has 1 N–H and O–H groups in total. The average Bonchev–Trinajstić information content (AvgIpc) is 2.46. The van der Waals surface area contributed by atoms with E-state index in [4.69, 9.17) is 4.74 Å². The van der Waals surface area contributed by atoms with Crippen molar-refractivity contribution < 1.29 is 18.3 Å². The molecule has 0 bridgehead atoms. The third-order valence-corrected chi connectivity index (χ3v) is 2.88. The molecule has 0 aliphatic carbocycles. The molecule has 2 aromatic carbocycles. The van der Waals surface area contributed by atoms with E-state index in [1.165, 1.54) is 30.3 Å². The summed E-state index contributed by atoms with van der Waals surface area (Å²) in [4.78, 5) is 12.0. The molecule has 3 nitrogen and oxygen atoms in total. The Bertz CT molecular complexity index is 631. The monoisotopic (exact) mass is 291 g/mol. The van der Waals surface area contributed by atoms with E-state index in [0.29, 0.717) is 5.56 Å². The van der Waals surface area contributed by atoms with Gasteiger partial charge in [0, 0.05) is 0 Å². The number of anilines is 1. The van der Waals surface area contributed by atoms with Gasteiger partial charge in [0.05, 0.1) is 12.3 Å².